The van der Waals surface area contributed by atoms with E-state index in [1.807, 2.05) is 0 Å². The molecule has 23 heavy (non-hydrogen) atoms. The molecule has 0 aromatic carbocycles. The van der Waals surface area contributed by atoms with Gasteiger partial charge >= 0.3 is 0 Å². The van der Waals surface area contributed by atoms with Crippen molar-refractivity contribution in [3.63, 3.8) is 0 Å². The molecular weight excluding hydrogens is 276 g/mol. The molecule has 0 amide bonds. The van der Waals surface area contributed by atoms with Crippen LogP contribution in [-0.2, 0) is 0 Å². The molecule has 0 aliphatic heterocycles. The van der Waals surface area contributed by atoms with Crippen LogP contribution in [-0.4, -0.2) is 0 Å². The van der Waals surface area contributed by atoms with E-state index >= 15 is 0 Å². The fraction of sp³-hybridized carbons (Fsp3) is 0.913. The van der Waals surface area contributed by atoms with Gasteiger partial charge in [-0.2, -0.15) is 0 Å². The predicted octanol–water partition coefficient (Wildman–Crippen LogP) is 8.71. The van der Waals surface area contributed by atoms with Crippen molar-refractivity contribution in [2.24, 2.45) is 11.8 Å². The largest absolute Gasteiger partial charge is 0.0917 e. The lowest BCUT2D eigenvalue weighted by Gasteiger charge is -2.23. The molecule has 0 fully saturated rings. The molecule has 0 N–H and O–H groups in total. The summed E-state index contributed by atoms with van der Waals surface area (Å²) >= 11 is 0. The first-order valence-corrected chi connectivity index (χ1v) is 10.9. The average molecular weight is 323 g/mol. The molecule has 0 aromatic heterocycles. The van der Waals surface area contributed by atoms with E-state index in [1.54, 1.807) is 0 Å². The van der Waals surface area contributed by atoms with Crippen LogP contribution in [0.25, 0.3) is 0 Å². The van der Waals surface area contributed by atoms with Crippen LogP contribution in [0.15, 0.2) is 12.2 Å². The van der Waals surface area contributed by atoms with Crippen molar-refractivity contribution in [2.75, 3.05) is 0 Å². The van der Waals surface area contributed by atoms with Gasteiger partial charge in [-0.1, -0.05) is 116 Å². The second-order valence-electron chi connectivity index (χ2n) is 7.65. The number of hydrogen-bond donors (Lipinski definition) is 0. The van der Waals surface area contributed by atoms with Crippen LogP contribution in [0.3, 0.4) is 0 Å². The highest BCUT2D eigenvalue weighted by atomic mass is 14.2. The smallest absolute Gasteiger partial charge is 0.0320 e. The molecule has 0 nitrogen and oxygen atoms in total. The SMILES string of the molecule is CC=CCC(CCCCCCCC)C(C)CCCCCCCC. The van der Waals surface area contributed by atoms with Crippen LogP contribution in [0.5, 0.6) is 0 Å². The van der Waals surface area contributed by atoms with Crippen molar-refractivity contribution in [3.05, 3.63) is 12.2 Å². The molecule has 0 aromatic rings. The maximum atomic E-state index is 2.51. The molecule has 0 rings (SSSR count). The van der Waals surface area contributed by atoms with Crippen LogP contribution in [0.2, 0.25) is 0 Å². The minimum absolute atomic E-state index is 0.910. The van der Waals surface area contributed by atoms with Gasteiger partial charge in [0.15, 0.2) is 0 Å². The topological polar surface area (TPSA) is 0 Å². The normalized spacial score (nSPS) is 14.4. The molecule has 0 saturated heterocycles. The quantitative estimate of drug-likeness (QED) is 0.185. The third-order valence-corrected chi connectivity index (χ3v) is 5.42. The van der Waals surface area contributed by atoms with E-state index in [0.717, 1.165) is 11.8 Å². The Hall–Kier alpha value is -0.260. The van der Waals surface area contributed by atoms with Gasteiger partial charge in [-0.3, -0.25) is 0 Å². The molecule has 0 radical (unpaired) electrons. The van der Waals surface area contributed by atoms with Gasteiger partial charge in [0.1, 0.15) is 0 Å². The van der Waals surface area contributed by atoms with Crippen molar-refractivity contribution in [1.82, 2.24) is 0 Å². The fourth-order valence-corrected chi connectivity index (χ4v) is 3.61. The first kappa shape index (κ1) is 22.7. The van der Waals surface area contributed by atoms with Gasteiger partial charge in [-0.05, 0) is 31.6 Å². The minimum Gasteiger partial charge on any atom is -0.0917 e. The van der Waals surface area contributed by atoms with Gasteiger partial charge < -0.3 is 0 Å². The van der Waals surface area contributed by atoms with Crippen LogP contribution < -0.4 is 0 Å². The highest BCUT2D eigenvalue weighted by Crippen LogP contribution is 2.28. The monoisotopic (exact) mass is 322 g/mol. The zero-order valence-corrected chi connectivity index (χ0v) is 16.9. The Bertz CT molecular complexity index is 240. The zero-order valence-electron chi connectivity index (χ0n) is 16.9. The number of unbranched alkanes of at least 4 members (excludes halogenated alkanes) is 10. The Balaban J connectivity index is 3.86. The van der Waals surface area contributed by atoms with Crippen molar-refractivity contribution in [2.45, 2.75) is 124 Å². The lowest BCUT2D eigenvalue weighted by Crippen LogP contribution is -2.11. The summed E-state index contributed by atoms with van der Waals surface area (Å²) in [7, 11) is 0. The molecule has 0 aliphatic rings. The first-order chi connectivity index (χ1) is 11.3. The lowest BCUT2D eigenvalue weighted by molar-refractivity contribution is 0.301. The van der Waals surface area contributed by atoms with Gasteiger partial charge in [-0.15, -0.1) is 0 Å². The molecular formula is C23H46. The number of hydrogen-bond acceptors (Lipinski definition) is 0. The molecule has 0 heterocycles. The Kier molecular flexibility index (Phi) is 17.9. The average Bonchev–Trinajstić information content (AvgIpc) is 2.56. The Morgan fingerprint density at radius 3 is 1.65 bits per heavy atom. The van der Waals surface area contributed by atoms with E-state index in [9.17, 15) is 0 Å². The number of allylic oxidation sites excluding steroid dienone is 2. The maximum Gasteiger partial charge on any atom is -0.0320 e. The standard InChI is InChI=1S/C23H46/c1-5-8-11-13-15-17-19-22(4)23(20-10-7-3)21-18-16-14-12-9-6-2/h7,10,22-23H,5-6,8-9,11-21H2,1-4H3. The van der Waals surface area contributed by atoms with E-state index in [0.29, 0.717) is 0 Å². The van der Waals surface area contributed by atoms with Gasteiger partial charge in [-0.25, -0.2) is 0 Å². The molecule has 2 atom stereocenters. The summed E-state index contributed by atoms with van der Waals surface area (Å²) in [6.07, 6.45) is 26.0. The zero-order chi connectivity index (χ0) is 17.2. The van der Waals surface area contributed by atoms with Crippen LogP contribution in [0.4, 0.5) is 0 Å². The Morgan fingerprint density at radius 2 is 1.13 bits per heavy atom. The first-order valence-electron chi connectivity index (χ1n) is 10.9. The maximum absolute atomic E-state index is 2.51. The fourth-order valence-electron chi connectivity index (χ4n) is 3.61. The molecule has 0 bridgehead atoms. The molecule has 2 unspecified atom stereocenters. The minimum atomic E-state index is 0.910. The molecule has 0 spiro atoms. The van der Waals surface area contributed by atoms with Crippen LogP contribution >= 0.6 is 0 Å². The highest BCUT2D eigenvalue weighted by Gasteiger charge is 2.15. The van der Waals surface area contributed by atoms with Gasteiger partial charge in [0.2, 0.25) is 0 Å². The molecule has 0 saturated carbocycles. The van der Waals surface area contributed by atoms with E-state index in [2.05, 4.69) is 39.8 Å². The summed E-state index contributed by atoms with van der Waals surface area (Å²) in [4.78, 5) is 0. The van der Waals surface area contributed by atoms with Crippen molar-refractivity contribution in [3.8, 4) is 0 Å². The summed E-state index contributed by atoms with van der Waals surface area (Å²) in [5, 5.41) is 0. The van der Waals surface area contributed by atoms with Crippen molar-refractivity contribution < 1.29 is 0 Å². The van der Waals surface area contributed by atoms with Gasteiger partial charge in [0.05, 0.1) is 0 Å². The highest BCUT2D eigenvalue weighted by molar-refractivity contribution is 4.82. The van der Waals surface area contributed by atoms with Crippen LogP contribution in [0.1, 0.15) is 124 Å². The summed E-state index contributed by atoms with van der Waals surface area (Å²) < 4.78 is 0. The third kappa shape index (κ3) is 15.0. The Labute approximate surface area is 148 Å². The molecule has 138 valence electrons. The van der Waals surface area contributed by atoms with E-state index in [1.165, 1.54) is 96.3 Å². The Morgan fingerprint density at radius 1 is 0.652 bits per heavy atom. The van der Waals surface area contributed by atoms with Gasteiger partial charge in [0.25, 0.3) is 0 Å². The van der Waals surface area contributed by atoms with E-state index in [4.69, 9.17) is 0 Å². The predicted molar refractivity (Wildman–Crippen MR) is 108 cm³/mol. The summed E-state index contributed by atoms with van der Waals surface area (Å²) in [5.74, 6) is 1.83. The van der Waals surface area contributed by atoms with Crippen LogP contribution in [0, 0.1) is 11.8 Å². The lowest BCUT2D eigenvalue weighted by atomic mass is 9.83. The van der Waals surface area contributed by atoms with Crippen molar-refractivity contribution >= 4 is 0 Å². The molecule has 0 heteroatoms. The van der Waals surface area contributed by atoms with E-state index in [-0.39, 0.29) is 0 Å². The van der Waals surface area contributed by atoms with Gasteiger partial charge in [0, 0.05) is 0 Å². The van der Waals surface area contributed by atoms with Crippen molar-refractivity contribution in [1.29, 1.82) is 0 Å². The number of rotatable bonds is 17. The summed E-state index contributed by atoms with van der Waals surface area (Å²) in [5.41, 5.74) is 0. The van der Waals surface area contributed by atoms with E-state index < -0.39 is 0 Å². The summed E-state index contributed by atoms with van der Waals surface area (Å²) in [6, 6.07) is 0. The second kappa shape index (κ2) is 18.1. The molecule has 0 aliphatic carbocycles. The second-order valence-corrected chi connectivity index (χ2v) is 7.65. The summed E-state index contributed by atoms with van der Waals surface area (Å²) in [6.45, 7) is 9.28. The third-order valence-electron chi connectivity index (χ3n) is 5.42.